The number of aliphatic hydroxyl groups excluding tert-OH is 1. The number of carbonyl (C=O) groups excluding carboxylic acids is 1. The second kappa shape index (κ2) is 7.31. The van der Waals surface area contributed by atoms with Crippen molar-refractivity contribution in [3.8, 4) is 0 Å². The standard InChI is InChI=1S/C16H21F3N2O2/c1-11-4-2-3-5-13(11)20-14(22)10-21-8-6-12(7-9-21)15(23)16(17,18)19/h2-5,12,15,23H,6-10H2,1H3,(H,20,22). The molecule has 128 valence electrons. The molecule has 1 saturated heterocycles. The van der Waals surface area contributed by atoms with Gasteiger partial charge in [-0.2, -0.15) is 13.2 Å². The summed E-state index contributed by atoms with van der Waals surface area (Å²) in [5.41, 5.74) is 1.69. The number of piperidine rings is 1. The van der Waals surface area contributed by atoms with Crippen molar-refractivity contribution in [1.29, 1.82) is 0 Å². The summed E-state index contributed by atoms with van der Waals surface area (Å²) in [6.07, 6.45) is -6.38. The Hall–Kier alpha value is -1.60. The Bertz CT molecular complexity index is 540. The number of hydrogen-bond acceptors (Lipinski definition) is 3. The molecule has 4 nitrogen and oxygen atoms in total. The summed E-state index contributed by atoms with van der Waals surface area (Å²) in [4.78, 5) is 13.8. The van der Waals surface area contributed by atoms with Crippen LogP contribution in [-0.4, -0.2) is 47.8 Å². The summed E-state index contributed by atoms with van der Waals surface area (Å²) in [6.45, 7) is 2.78. The highest BCUT2D eigenvalue weighted by molar-refractivity contribution is 5.92. The first-order chi connectivity index (χ1) is 10.8. The number of aliphatic hydroxyl groups is 1. The molecule has 0 aromatic heterocycles. The quantitative estimate of drug-likeness (QED) is 0.892. The van der Waals surface area contributed by atoms with Gasteiger partial charge in [-0.25, -0.2) is 0 Å². The van der Waals surface area contributed by atoms with Crippen molar-refractivity contribution in [2.75, 3.05) is 25.0 Å². The van der Waals surface area contributed by atoms with Crippen LogP contribution in [0.25, 0.3) is 0 Å². The Labute approximate surface area is 133 Å². The van der Waals surface area contributed by atoms with Crippen molar-refractivity contribution in [2.45, 2.75) is 32.0 Å². The van der Waals surface area contributed by atoms with Gasteiger partial charge in [-0.3, -0.25) is 9.69 Å². The Morgan fingerprint density at radius 1 is 1.35 bits per heavy atom. The number of para-hydroxylation sites is 1. The molecule has 0 bridgehead atoms. The number of rotatable bonds is 4. The van der Waals surface area contributed by atoms with E-state index in [1.807, 2.05) is 30.0 Å². The van der Waals surface area contributed by atoms with Crippen LogP contribution < -0.4 is 5.32 Å². The van der Waals surface area contributed by atoms with E-state index in [1.165, 1.54) is 0 Å². The van der Waals surface area contributed by atoms with Crippen molar-refractivity contribution in [3.05, 3.63) is 29.8 Å². The highest BCUT2D eigenvalue weighted by Gasteiger charge is 2.44. The minimum absolute atomic E-state index is 0.142. The molecule has 1 fully saturated rings. The predicted molar refractivity (Wildman–Crippen MR) is 81.0 cm³/mol. The van der Waals surface area contributed by atoms with Crippen molar-refractivity contribution >= 4 is 11.6 Å². The third-order valence-electron chi connectivity index (χ3n) is 4.20. The van der Waals surface area contributed by atoms with Crippen molar-refractivity contribution in [3.63, 3.8) is 0 Å². The molecule has 1 heterocycles. The lowest BCUT2D eigenvalue weighted by Crippen LogP contribution is -2.45. The molecule has 0 spiro atoms. The number of nitrogens with one attached hydrogen (secondary N) is 1. The molecule has 1 aliphatic rings. The second-order valence-corrected chi connectivity index (χ2v) is 5.96. The van der Waals surface area contributed by atoms with Crippen LogP contribution in [0.4, 0.5) is 18.9 Å². The lowest BCUT2D eigenvalue weighted by Gasteiger charge is -2.34. The fourth-order valence-corrected chi connectivity index (χ4v) is 2.80. The molecule has 1 aromatic rings. The van der Waals surface area contributed by atoms with E-state index in [0.29, 0.717) is 13.1 Å². The molecule has 1 unspecified atom stereocenters. The minimum atomic E-state index is -4.57. The Kier molecular flexibility index (Phi) is 5.64. The molecule has 0 aliphatic carbocycles. The third-order valence-corrected chi connectivity index (χ3v) is 4.20. The lowest BCUT2D eigenvalue weighted by molar-refractivity contribution is -0.223. The molecular weight excluding hydrogens is 309 g/mol. The number of benzene rings is 1. The zero-order valence-corrected chi connectivity index (χ0v) is 12.9. The molecule has 0 radical (unpaired) electrons. The number of anilines is 1. The second-order valence-electron chi connectivity index (χ2n) is 5.96. The monoisotopic (exact) mass is 330 g/mol. The number of alkyl halides is 3. The molecule has 23 heavy (non-hydrogen) atoms. The Morgan fingerprint density at radius 3 is 2.52 bits per heavy atom. The summed E-state index contributed by atoms with van der Waals surface area (Å²) < 4.78 is 37.5. The number of hydrogen-bond donors (Lipinski definition) is 2. The first-order valence-corrected chi connectivity index (χ1v) is 7.60. The van der Waals surface area contributed by atoms with Crippen LogP contribution in [0.5, 0.6) is 0 Å². The first kappa shape index (κ1) is 17.7. The molecule has 2 N–H and O–H groups in total. The highest BCUT2D eigenvalue weighted by atomic mass is 19.4. The number of aryl methyl sites for hydroxylation is 1. The van der Waals surface area contributed by atoms with Crippen LogP contribution in [0.2, 0.25) is 0 Å². The van der Waals surface area contributed by atoms with Gasteiger partial charge >= 0.3 is 6.18 Å². The van der Waals surface area contributed by atoms with E-state index in [4.69, 9.17) is 0 Å². The van der Waals surface area contributed by atoms with E-state index in [1.54, 1.807) is 6.07 Å². The smallest absolute Gasteiger partial charge is 0.383 e. The minimum Gasteiger partial charge on any atom is -0.383 e. The first-order valence-electron chi connectivity index (χ1n) is 7.60. The van der Waals surface area contributed by atoms with Crippen LogP contribution in [0, 0.1) is 12.8 Å². The number of likely N-dealkylation sites (tertiary alicyclic amines) is 1. The largest absolute Gasteiger partial charge is 0.414 e. The summed E-state index contributed by atoms with van der Waals surface area (Å²) in [5, 5.41) is 12.1. The molecule has 0 saturated carbocycles. The molecule has 1 aromatic carbocycles. The maximum atomic E-state index is 12.5. The van der Waals surface area contributed by atoms with Gasteiger partial charge in [-0.1, -0.05) is 18.2 Å². The third kappa shape index (κ3) is 4.94. The van der Waals surface area contributed by atoms with Crippen molar-refractivity contribution in [1.82, 2.24) is 4.90 Å². The van der Waals surface area contributed by atoms with Crippen molar-refractivity contribution in [2.24, 2.45) is 5.92 Å². The zero-order valence-electron chi connectivity index (χ0n) is 12.9. The van der Waals surface area contributed by atoms with Gasteiger partial charge in [0.05, 0.1) is 6.54 Å². The number of nitrogens with zero attached hydrogens (tertiary/aromatic N) is 1. The van der Waals surface area contributed by atoms with Gasteiger partial charge in [-0.05, 0) is 50.4 Å². The van der Waals surface area contributed by atoms with Crippen LogP contribution in [0.15, 0.2) is 24.3 Å². The molecular formula is C16H21F3N2O2. The average Bonchev–Trinajstić information content (AvgIpc) is 2.49. The maximum absolute atomic E-state index is 12.5. The summed E-state index contributed by atoms with van der Waals surface area (Å²) >= 11 is 0. The van der Waals surface area contributed by atoms with E-state index in [-0.39, 0.29) is 25.3 Å². The fourth-order valence-electron chi connectivity index (χ4n) is 2.80. The van der Waals surface area contributed by atoms with Gasteiger partial charge in [0.25, 0.3) is 0 Å². The van der Waals surface area contributed by atoms with Crippen LogP contribution in [-0.2, 0) is 4.79 Å². The number of halogens is 3. The van der Waals surface area contributed by atoms with Gasteiger partial charge in [0.15, 0.2) is 6.10 Å². The van der Waals surface area contributed by atoms with Gasteiger partial charge < -0.3 is 10.4 Å². The van der Waals surface area contributed by atoms with Gasteiger partial charge in [0.2, 0.25) is 5.91 Å². The average molecular weight is 330 g/mol. The SMILES string of the molecule is Cc1ccccc1NC(=O)CN1CCC(C(O)C(F)(F)F)CC1. The number of carbonyl (C=O) groups is 1. The molecule has 2 rings (SSSR count). The van der Waals surface area contributed by atoms with Crippen LogP contribution >= 0.6 is 0 Å². The molecule has 1 amide bonds. The van der Waals surface area contributed by atoms with E-state index in [2.05, 4.69) is 5.32 Å². The van der Waals surface area contributed by atoms with E-state index in [0.717, 1.165) is 11.3 Å². The topological polar surface area (TPSA) is 52.6 Å². The molecule has 1 atom stereocenters. The molecule has 7 heteroatoms. The van der Waals surface area contributed by atoms with Crippen molar-refractivity contribution < 1.29 is 23.1 Å². The fraction of sp³-hybridized carbons (Fsp3) is 0.562. The summed E-state index contributed by atoms with van der Waals surface area (Å²) in [5.74, 6) is -0.972. The predicted octanol–water partition coefficient (Wildman–Crippen LogP) is 2.57. The van der Waals surface area contributed by atoms with Gasteiger partial charge in [0, 0.05) is 5.69 Å². The van der Waals surface area contributed by atoms with Gasteiger partial charge in [-0.15, -0.1) is 0 Å². The van der Waals surface area contributed by atoms with E-state index < -0.39 is 18.2 Å². The Morgan fingerprint density at radius 2 is 1.96 bits per heavy atom. The Balaban J connectivity index is 1.80. The maximum Gasteiger partial charge on any atom is 0.414 e. The van der Waals surface area contributed by atoms with Crippen LogP contribution in [0.3, 0.4) is 0 Å². The normalized spacial score (nSPS) is 18.7. The summed E-state index contributed by atoms with van der Waals surface area (Å²) in [6, 6.07) is 7.40. The molecule has 1 aliphatic heterocycles. The zero-order chi connectivity index (χ0) is 17.0. The van der Waals surface area contributed by atoms with E-state index in [9.17, 15) is 23.1 Å². The number of amides is 1. The lowest BCUT2D eigenvalue weighted by atomic mass is 9.91. The van der Waals surface area contributed by atoms with E-state index >= 15 is 0 Å². The highest BCUT2D eigenvalue weighted by Crippen LogP contribution is 2.31. The van der Waals surface area contributed by atoms with Gasteiger partial charge in [0.1, 0.15) is 0 Å². The summed E-state index contributed by atoms with van der Waals surface area (Å²) in [7, 11) is 0. The van der Waals surface area contributed by atoms with Crippen LogP contribution in [0.1, 0.15) is 18.4 Å².